The van der Waals surface area contributed by atoms with E-state index in [0.29, 0.717) is 35.9 Å². The van der Waals surface area contributed by atoms with Gasteiger partial charge in [-0.15, -0.1) is 0 Å². The van der Waals surface area contributed by atoms with Gasteiger partial charge in [-0.1, -0.05) is 25.5 Å². The van der Waals surface area contributed by atoms with Gasteiger partial charge in [0.15, 0.2) is 0 Å². The number of amides is 1. The molecule has 31 heavy (non-hydrogen) atoms. The van der Waals surface area contributed by atoms with Gasteiger partial charge in [-0.3, -0.25) is 4.79 Å². The quantitative estimate of drug-likeness (QED) is 0.668. The zero-order chi connectivity index (χ0) is 21.7. The van der Waals surface area contributed by atoms with Gasteiger partial charge in [-0.2, -0.15) is 0 Å². The summed E-state index contributed by atoms with van der Waals surface area (Å²) in [7, 11) is 3.39. The Kier molecular flexibility index (Phi) is 5.11. The molecule has 0 bridgehead atoms. The van der Waals surface area contributed by atoms with Gasteiger partial charge in [0.2, 0.25) is 5.91 Å². The molecule has 2 aromatic rings. The lowest BCUT2D eigenvalue weighted by Crippen LogP contribution is -2.50. The Morgan fingerprint density at radius 3 is 2.68 bits per heavy atom. The van der Waals surface area contributed by atoms with Crippen LogP contribution in [0.15, 0.2) is 30.5 Å². The summed E-state index contributed by atoms with van der Waals surface area (Å²) in [5.74, 6) is 2.59. The van der Waals surface area contributed by atoms with Crippen LogP contribution in [0.3, 0.4) is 0 Å². The fourth-order valence-corrected chi connectivity index (χ4v) is 6.44. The first-order chi connectivity index (χ1) is 15.0. The minimum absolute atomic E-state index is 0.118. The van der Waals surface area contributed by atoms with Crippen molar-refractivity contribution in [2.45, 2.75) is 57.5 Å². The SMILES string of the molecule is CCCc1ncc(C2C3CCCC4C3C2C(=O)N4C)n1Cc1ccc(C(=O)OC)cc1. The number of imidazole rings is 1. The third-order valence-electron chi connectivity index (χ3n) is 7.87. The molecule has 0 N–H and O–H groups in total. The second kappa shape index (κ2) is 7.81. The molecule has 1 aromatic carbocycles. The van der Waals surface area contributed by atoms with Crippen molar-refractivity contribution in [2.75, 3.05) is 14.2 Å². The highest BCUT2D eigenvalue weighted by Gasteiger charge is 2.64. The van der Waals surface area contributed by atoms with Crippen molar-refractivity contribution in [3.8, 4) is 0 Å². The van der Waals surface area contributed by atoms with Crippen molar-refractivity contribution in [2.24, 2.45) is 17.8 Å². The first-order valence-corrected chi connectivity index (χ1v) is 11.5. The number of rotatable bonds is 6. The number of nitrogens with zero attached hydrogens (tertiary/aromatic N) is 3. The van der Waals surface area contributed by atoms with Crippen LogP contribution < -0.4 is 0 Å². The standard InChI is InChI=1S/C25H31N3O3/c1-4-6-20-26-13-19(28(20)14-15-9-11-16(12-10-15)25(30)31-3)22-17-7-5-8-18-21(17)23(22)24(29)27(18)2/h9-13,17-18,21-23H,4-8,14H2,1-3H3. The molecule has 0 radical (unpaired) electrons. The van der Waals surface area contributed by atoms with Crippen molar-refractivity contribution in [3.63, 3.8) is 0 Å². The topological polar surface area (TPSA) is 64.4 Å². The molecule has 3 fully saturated rings. The maximum absolute atomic E-state index is 13.1. The van der Waals surface area contributed by atoms with Crippen molar-refractivity contribution in [3.05, 3.63) is 53.1 Å². The smallest absolute Gasteiger partial charge is 0.337 e. The third kappa shape index (κ3) is 3.10. The van der Waals surface area contributed by atoms with Crippen LogP contribution in [0.1, 0.15) is 66.0 Å². The van der Waals surface area contributed by atoms with Gasteiger partial charge in [-0.25, -0.2) is 9.78 Å². The molecule has 5 unspecified atom stereocenters. The number of methoxy groups -OCH3 is 1. The summed E-state index contributed by atoms with van der Waals surface area (Å²) in [5.41, 5.74) is 2.90. The van der Waals surface area contributed by atoms with Crippen LogP contribution in [0.5, 0.6) is 0 Å². The van der Waals surface area contributed by atoms with Crippen molar-refractivity contribution < 1.29 is 14.3 Å². The molecule has 5 atom stereocenters. The van der Waals surface area contributed by atoms with Gasteiger partial charge in [0.1, 0.15) is 5.82 Å². The lowest BCUT2D eigenvalue weighted by molar-refractivity contribution is -0.134. The molecule has 3 aliphatic rings. The second-order valence-corrected chi connectivity index (χ2v) is 9.36. The Morgan fingerprint density at radius 1 is 1.19 bits per heavy atom. The van der Waals surface area contributed by atoms with Gasteiger partial charge in [-0.05, 0) is 48.8 Å². The summed E-state index contributed by atoms with van der Waals surface area (Å²) in [6.45, 7) is 2.88. The van der Waals surface area contributed by atoms with Crippen LogP contribution in [0.2, 0.25) is 0 Å². The molecule has 6 nitrogen and oxygen atoms in total. The van der Waals surface area contributed by atoms with E-state index in [1.807, 2.05) is 42.4 Å². The van der Waals surface area contributed by atoms with E-state index in [9.17, 15) is 9.59 Å². The number of carbonyl (C=O) groups is 2. The number of aryl methyl sites for hydroxylation is 1. The summed E-state index contributed by atoms with van der Waals surface area (Å²) in [6, 6.07) is 8.04. The molecule has 1 amide bonds. The monoisotopic (exact) mass is 421 g/mol. The first-order valence-electron chi connectivity index (χ1n) is 11.5. The van der Waals surface area contributed by atoms with Gasteiger partial charge in [0.05, 0.1) is 18.6 Å². The van der Waals surface area contributed by atoms with Gasteiger partial charge in [0, 0.05) is 43.9 Å². The number of aromatic nitrogens is 2. The minimum atomic E-state index is -0.322. The highest BCUT2D eigenvalue weighted by atomic mass is 16.5. The Hall–Kier alpha value is -2.63. The maximum Gasteiger partial charge on any atom is 0.337 e. The fourth-order valence-electron chi connectivity index (χ4n) is 6.44. The van der Waals surface area contributed by atoms with Crippen LogP contribution in [-0.4, -0.2) is 46.5 Å². The van der Waals surface area contributed by atoms with Gasteiger partial charge in [0.25, 0.3) is 0 Å². The predicted molar refractivity (Wildman–Crippen MR) is 117 cm³/mol. The van der Waals surface area contributed by atoms with E-state index in [2.05, 4.69) is 11.5 Å². The molecule has 2 heterocycles. The number of hydrogen-bond donors (Lipinski definition) is 0. The van der Waals surface area contributed by atoms with E-state index in [4.69, 9.17) is 9.72 Å². The van der Waals surface area contributed by atoms with E-state index >= 15 is 0 Å². The van der Waals surface area contributed by atoms with Crippen LogP contribution in [0.25, 0.3) is 0 Å². The number of ether oxygens (including phenoxy) is 1. The zero-order valence-electron chi connectivity index (χ0n) is 18.6. The average molecular weight is 422 g/mol. The number of likely N-dealkylation sites (tertiary alicyclic amines) is 1. The first kappa shape index (κ1) is 20.3. The summed E-state index contributed by atoms with van der Waals surface area (Å²) >= 11 is 0. The maximum atomic E-state index is 13.1. The molecule has 164 valence electrons. The average Bonchev–Trinajstić information content (AvgIpc) is 3.26. The molecule has 6 heteroatoms. The molecular weight excluding hydrogens is 390 g/mol. The van der Waals surface area contributed by atoms with Crippen LogP contribution >= 0.6 is 0 Å². The van der Waals surface area contributed by atoms with E-state index in [-0.39, 0.29) is 17.8 Å². The number of hydrogen-bond acceptors (Lipinski definition) is 4. The molecular formula is C25H31N3O3. The lowest BCUT2D eigenvalue weighted by atomic mass is 9.51. The third-order valence-corrected chi connectivity index (χ3v) is 7.87. The molecule has 5 rings (SSSR count). The van der Waals surface area contributed by atoms with E-state index in [1.165, 1.54) is 25.6 Å². The predicted octanol–water partition coefficient (Wildman–Crippen LogP) is 3.64. The van der Waals surface area contributed by atoms with E-state index < -0.39 is 0 Å². The fraction of sp³-hybridized carbons (Fsp3) is 0.560. The highest BCUT2D eigenvalue weighted by Crippen LogP contribution is 2.63. The second-order valence-electron chi connectivity index (χ2n) is 9.36. The Labute approximate surface area is 183 Å². The van der Waals surface area contributed by atoms with Gasteiger partial charge >= 0.3 is 5.97 Å². The van der Waals surface area contributed by atoms with E-state index in [1.54, 1.807) is 0 Å². The Morgan fingerprint density at radius 2 is 1.97 bits per heavy atom. The molecule has 1 saturated heterocycles. The summed E-state index contributed by atoms with van der Waals surface area (Å²) in [4.78, 5) is 31.7. The molecule has 2 aliphatic carbocycles. The summed E-state index contributed by atoms with van der Waals surface area (Å²) in [5, 5.41) is 0. The largest absolute Gasteiger partial charge is 0.465 e. The molecule has 0 spiro atoms. The Balaban J connectivity index is 1.47. The lowest BCUT2D eigenvalue weighted by Gasteiger charge is -2.51. The van der Waals surface area contributed by atoms with Crippen LogP contribution in [0, 0.1) is 17.8 Å². The highest BCUT2D eigenvalue weighted by molar-refractivity contribution is 5.89. The molecule has 2 saturated carbocycles. The number of esters is 1. The van der Waals surface area contributed by atoms with Crippen molar-refractivity contribution in [1.29, 1.82) is 0 Å². The Bertz CT molecular complexity index is 996. The van der Waals surface area contributed by atoms with Crippen molar-refractivity contribution in [1.82, 2.24) is 14.5 Å². The number of carbonyl (C=O) groups excluding carboxylic acids is 2. The minimum Gasteiger partial charge on any atom is -0.465 e. The number of benzene rings is 1. The summed E-state index contributed by atoms with van der Waals surface area (Å²) < 4.78 is 7.15. The van der Waals surface area contributed by atoms with Crippen LogP contribution in [0.4, 0.5) is 0 Å². The van der Waals surface area contributed by atoms with Crippen molar-refractivity contribution >= 4 is 11.9 Å². The summed E-state index contributed by atoms with van der Waals surface area (Å²) in [6.07, 6.45) is 7.55. The zero-order valence-corrected chi connectivity index (χ0v) is 18.6. The van der Waals surface area contributed by atoms with Crippen LogP contribution in [-0.2, 0) is 22.5 Å². The van der Waals surface area contributed by atoms with E-state index in [0.717, 1.165) is 30.7 Å². The van der Waals surface area contributed by atoms with Gasteiger partial charge < -0.3 is 14.2 Å². The molecule has 1 aliphatic heterocycles. The molecule has 1 aromatic heterocycles. The normalized spacial score (nSPS) is 28.9.